The van der Waals surface area contributed by atoms with Gasteiger partial charge in [-0.15, -0.1) is 0 Å². The highest BCUT2D eigenvalue weighted by Gasteiger charge is 2.07. The van der Waals surface area contributed by atoms with Crippen molar-refractivity contribution in [2.24, 2.45) is 0 Å². The van der Waals surface area contributed by atoms with Gasteiger partial charge in [-0.1, -0.05) is 30.3 Å². The molecule has 0 aliphatic carbocycles. The summed E-state index contributed by atoms with van der Waals surface area (Å²) < 4.78 is 5.33. The van der Waals surface area contributed by atoms with Crippen LogP contribution >= 0.6 is 0 Å². The van der Waals surface area contributed by atoms with Crippen molar-refractivity contribution < 1.29 is 9.21 Å². The second-order valence-electron chi connectivity index (χ2n) is 3.79. The SMILES string of the molecule is O=Cc1cc(=O)c2c(ccc3ccccc32)o1. The fourth-order valence-electron chi connectivity index (χ4n) is 2.01. The molecule has 0 bridgehead atoms. The maximum atomic E-state index is 12.0. The van der Waals surface area contributed by atoms with E-state index < -0.39 is 0 Å². The summed E-state index contributed by atoms with van der Waals surface area (Å²) in [6, 6.07) is 12.4. The van der Waals surface area contributed by atoms with Crippen molar-refractivity contribution in [1.82, 2.24) is 0 Å². The fraction of sp³-hybridized carbons (Fsp3) is 0. The third-order valence-corrected chi connectivity index (χ3v) is 2.75. The Morgan fingerprint density at radius 3 is 2.71 bits per heavy atom. The summed E-state index contributed by atoms with van der Waals surface area (Å²) in [6.07, 6.45) is 0.538. The summed E-state index contributed by atoms with van der Waals surface area (Å²) in [5.41, 5.74) is 0.253. The van der Waals surface area contributed by atoms with E-state index in [2.05, 4.69) is 0 Å². The van der Waals surface area contributed by atoms with Crippen molar-refractivity contribution in [2.75, 3.05) is 0 Å². The molecule has 3 aromatic rings. The Hall–Kier alpha value is -2.42. The standard InChI is InChI=1S/C14H8O3/c15-8-10-7-12(16)14-11-4-2-1-3-9(11)5-6-13(14)17-10/h1-8H. The minimum atomic E-state index is -0.190. The largest absolute Gasteiger partial charge is 0.453 e. The zero-order chi connectivity index (χ0) is 11.8. The highest BCUT2D eigenvalue weighted by atomic mass is 16.3. The van der Waals surface area contributed by atoms with Crippen LogP contribution in [0.15, 0.2) is 51.7 Å². The van der Waals surface area contributed by atoms with Crippen LogP contribution in [-0.2, 0) is 0 Å². The lowest BCUT2D eigenvalue weighted by Crippen LogP contribution is -2.02. The average molecular weight is 224 g/mol. The van der Waals surface area contributed by atoms with Crippen molar-refractivity contribution in [3.63, 3.8) is 0 Å². The molecule has 0 atom stereocenters. The summed E-state index contributed by atoms with van der Waals surface area (Å²) in [6.45, 7) is 0. The van der Waals surface area contributed by atoms with Gasteiger partial charge in [-0.2, -0.15) is 0 Å². The van der Waals surface area contributed by atoms with E-state index in [1.165, 1.54) is 6.07 Å². The third-order valence-electron chi connectivity index (χ3n) is 2.75. The van der Waals surface area contributed by atoms with E-state index in [-0.39, 0.29) is 11.2 Å². The molecule has 0 N–H and O–H groups in total. The number of rotatable bonds is 1. The van der Waals surface area contributed by atoms with Crippen molar-refractivity contribution in [3.05, 3.63) is 58.4 Å². The topological polar surface area (TPSA) is 47.3 Å². The van der Waals surface area contributed by atoms with Gasteiger partial charge < -0.3 is 4.42 Å². The Morgan fingerprint density at radius 1 is 1.06 bits per heavy atom. The summed E-state index contributed by atoms with van der Waals surface area (Å²) in [5, 5.41) is 2.34. The van der Waals surface area contributed by atoms with Crippen LogP contribution in [0.25, 0.3) is 21.7 Å². The minimum Gasteiger partial charge on any atom is -0.453 e. The fourth-order valence-corrected chi connectivity index (χ4v) is 2.01. The molecule has 0 saturated carbocycles. The van der Waals surface area contributed by atoms with Gasteiger partial charge >= 0.3 is 0 Å². The number of hydrogen-bond donors (Lipinski definition) is 0. The van der Waals surface area contributed by atoms with Crippen molar-refractivity contribution in [2.45, 2.75) is 0 Å². The highest BCUT2D eigenvalue weighted by Crippen LogP contribution is 2.22. The molecule has 2 aromatic carbocycles. The molecule has 0 fully saturated rings. The lowest BCUT2D eigenvalue weighted by molar-refractivity contribution is 0.110. The van der Waals surface area contributed by atoms with Crippen LogP contribution in [0.5, 0.6) is 0 Å². The number of fused-ring (bicyclic) bond motifs is 3. The van der Waals surface area contributed by atoms with Gasteiger partial charge in [0.05, 0.1) is 5.39 Å². The molecular formula is C14H8O3. The second-order valence-corrected chi connectivity index (χ2v) is 3.79. The number of hydrogen-bond acceptors (Lipinski definition) is 3. The van der Waals surface area contributed by atoms with Crippen LogP contribution in [0.1, 0.15) is 10.6 Å². The molecule has 0 unspecified atom stereocenters. The summed E-state index contributed by atoms with van der Waals surface area (Å²) >= 11 is 0. The molecule has 3 rings (SSSR count). The molecule has 1 aromatic heterocycles. The Bertz CT molecular complexity index is 784. The summed E-state index contributed by atoms with van der Waals surface area (Å²) in [4.78, 5) is 22.6. The molecule has 82 valence electrons. The predicted molar refractivity (Wildman–Crippen MR) is 65.4 cm³/mol. The van der Waals surface area contributed by atoms with E-state index in [0.717, 1.165) is 10.8 Å². The van der Waals surface area contributed by atoms with Gasteiger partial charge in [0.1, 0.15) is 5.58 Å². The second kappa shape index (κ2) is 3.56. The van der Waals surface area contributed by atoms with Gasteiger partial charge in [-0.25, -0.2) is 0 Å². The zero-order valence-corrected chi connectivity index (χ0v) is 8.84. The smallest absolute Gasteiger partial charge is 0.194 e. The van der Waals surface area contributed by atoms with Crippen LogP contribution in [0.4, 0.5) is 0 Å². The maximum absolute atomic E-state index is 12.0. The lowest BCUT2D eigenvalue weighted by atomic mass is 10.1. The quantitative estimate of drug-likeness (QED) is 0.471. The molecule has 3 nitrogen and oxygen atoms in total. The number of carbonyl (C=O) groups excluding carboxylic acids is 1. The highest BCUT2D eigenvalue weighted by molar-refractivity contribution is 6.05. The van der Waals surface area contributed by atoms with Crippen LogP contribution < -0.4 is 5.43 Å². The van der Waals surface area contributed by atoms with E-state index in [4.69, 9.17) is 4.42 Å². The van der Waals surface area contributed by atoms with E-state index in [1.807, 2.05) is 30.3 Å². The van der Waals surface area contributed by atoms with Gasteiger partial charge in [0, 0.05) is 6.07 Å². The van der Waals surface area contributed by atoms with Gasteiger partial charge in [-0.3, -0.25) is 9.59 Å². The van der Waals surface area contributed by atoms with E-state index >= 15 is 0 Å². The first-order chi connectivity index (χ1) is 8.29. The van der Waals surface area contributed by atoms with Gasteiger partial charge in [0.2, 0.25) is 0 Å². The molecule has 0 spiro atoms. The van der Waals surface area contributed by atoms with E-state index in [1.54, 1.807) is 6.07 Å². The van der Waals surface area contributed by atoms with Crippen molar-refractivity contribution in [1.29, 1.82) is 0 Å². The van der Waals surface area contributed by atoms with E-state index in [0.29, 0.717) is 17.3 Å². The van der Waals surface area contributed by atoms with Crippen LogP contribution in [0.3, 0.4) is 0 Å². The normalized spacial score (nSPS) is 10.8. The molecular weight excluding hydrogens is 216 g/mol. The van der Waals surface area contributed by atoms with Gasteiger partial charge in [0.15, 0.2) is 17.5 Å². The van der Waals surface area contributed by atoms with Crippen molar-refractivity contribution in [3.8, 4) is 0 Å². The predicted octanol–water partition coefficient (Wildman–Crippen LogP) is 2.76. The first-order valence-electron chi connectivity index (χ1n) is 5.20. The van der Waals surface area contributed by atoms with Crippen LogP contribution in [-0.4, -0.2) is 6.29 Å². The Balaban J connectivity index is 2.59. The van der Waals surface area contributed by atoms with Gasteiger partial charge in [0.25, 0.3) is 0 Å². The first-order valence-corrected chi connectivity index (χ1v) is 5.20. The van der Waals surface area contributed by atoms with Gasteiger partial charge in [-0.05, 0) is 16.8 Å². The zero-order valence-electron chi connectivity index (χ0n) is 8.84. The summed E-state index contributed by atoms with van der Waals surface area (Å²) in [5.74, 6) is 0.0535. The Labute approximate surface area is 96.3 Å². The molecule has 0 radical (unpaired) electrons. The van der Waals surface area contributed by atoms with Crippen molar-refractivity contribution >= 4 is 28.0 Å². The van der Waals surface area contributed by atoms with Crippen LogP contribution in [0, 0.1) is 0 Å². The molecule has 3 heteroatoms. The minimum absolute atomic E-state index is 0.0535. The molecule has 0 aliphatic heterocycles. The molecule has 0 aliphatic rings. The van der Waals surface area contributed by atoms with E-state index in [9.17, 15) is 9.59 Å². The third kappa shape index (κ3) is 1.44. The monoisotopic (exact) mass is 224 g/mol. The Kier molecular flexibility index (Phi) is 2.05. The maximum Gasteiger partial charge on any atom is 0.194 e. The molecule has 1 heterocycles. The lowest BCUT2D eigenvalue weighted by Gasteiger charge is -2.02. The van der Waals surface area contributed by atoms with Crippen LogP contribution in [0.2, 0.25) is 0 Å². The number of carbonyl (C=O) groups is 1. The number of benzene rings is 2. The molecule has 17 heavy (non-hydrogen) atoms. The first kappa shape index (κ1) is 9.78. The number of aldehydes is 1. The summed E-state index contributed by atoms with van der Waals surface area (Å²) in [7, 11) is 0. The Morgan fingerprint density at radius 2 is 1.88 bits per heavy atom. The molecule has 0 saturated heterocycles. The molecule has 0 amide bonds. The average Bonchev–Trinajstić information content (AvgIpc) is 2.37.